The summed E-state index contributed by atoms with van der Waals surface area (Å²) in [6, 6.07) is 8.81. The Bertz CT molecular complexity index is 805. The van der Waals surface area contributed by atoms with Gasteiger partial charge in [-0.3, -0.25) is 14.7 Å². The normalized spacial score (nSPS) is 10.6. The molecule has 0 atom stereocenters. The van der Waals surface area contributed by atoms with E-state index in [4.69, 9.17) is 0 Å². The molecule has 3 N–H and O–H groups in total. The van der Waals surface area contributed by atoms with E-state index < -0.39 is 0 Å². The third kappa shape index (κ3) is 2.31. The van der Waals surface area contributed by atoms with E-state index in [0.717, 1.165) is 10.9 Å². The highest BCUT2D eigenvalue weighted by Gasteiger charge is 2.09. The van der Waals surface area contributed by atoms with Gasteiger partial charge in [-0.25, -0.2) is 0 Å². The second-order valence-corrected chi connectivity index (χ2v) is 4.39. The van der Waals surface area contributed by atoms with Gasteiger partial charge in [-0.05, 0) is 17.5 Å². The van der Waals surface area contributed by atoms with Gasteiger partial charge in [0.05, 0.1) is 6.20 Å². The van der Waals surface area contributed by atoms with Crippen molar-refractivity contribution in [2.75, 3.05) is 0 Å². The SMILES string of the molecule is O=C(NCc1cn[nH]c1)c1cc2ccccc2c(=O)[nH]1. The summed E-state index contributed by atoms with van der Waals surface area (Å²) >= 11 is 0. The van der Waals surface area contributed by atoms with Crippen LogP contribution in [0.1, 0.15) is 16.1 Å². The van der Waals surface area contributed by atoms with E-state index in [-0.39, 0.29) is 17.2 Å². The van der Waals surface area contributed by atoms with Gasteiger partial charge in [-0.15, -0.1) is 0 Å². The van der Waals surface area contributed by atoms with E-state index in [2.05, 4.69) is 20.5 Å². The lowest BCUT2D eigenvalue weighted by molar-refractivity contribution is 0.0946. The molecule has 0 aliphatic carbocycles. The van der Waals surface area contributed by atoms with Crippen LogP contribution in [0.15, 0.2) is 47.5 Å². The predicted octanol–water partition coefficient (Wildman–Crippen LogP) is 1.18. The van der Waals surface area contributed by atoms with Gasteiger partial charge in [-0.1, -0.05) is 18.2 Å². The summed E-state index contributed by atoms with van der Waals surface area (Å²) in [6.45, 7) is 0.351. The topological polar surface area (TPSA) is 90.6 Å². The summed E-state index contributed by atoms with van der Waals surface area (Å²) in [5.74, 6) is -0.325. The van der Waals surface area contributed by atoms with Gasteiger partial charge in [-0.2, -0.15) is 5.10 Å². The number of fused-ring (bicyclic) bond motifs is 1. The molecular weight excluding hydrogens is 256 g/mol. The van der Waals surface area contributed by atoms with Crippen LogP contribution in [0.4, 0.5) is 0 Å². The molecular formula is C14H12N4O2. The first kappa shape index (κ1) is 12.2. The lowest BCUT2D eigenvalue weighted by atomic mass is 10.1. The predicted molar refractivity (Wildman–Crippen MR) is 74.3 cm³/mol. The van der Waals surface area contributed by atoms with Gasteiger partial charge < -0.3 is 10.3 Å². The monoisotopic (exact) mass is 268 g/mol. The van der Waals surface area contributed by atoms with Crippen molar-refractivity contribution in [3.05, 3.63) is 64.3 Å². The molecule has 2 aromatic heterocycles. The van der Waals surface area contributed by atoms with Crippen molar-refractivity contribution in [3.63, 3.8) is 0 Å². The molecule has 0 bridgehead atoms. The van der Waals surface area contributed by atoms with Gasteiger partial charge in [0.2, 0.25) is 0 Å². The Labute approximate surface area is 113 Å². The Morgan fingerprint density at radius 1 is 1.30 bits per heavy atom. The number of nitrogens with one attached hydrogen (secondary N) is 3. The maximum atomic E-state index is 12.0. The summed E-state index contributed by atoms with van der Waals surface area (Å²) in [6.07, 6.45) is 3.33. The molecule has 3 rings (SSSR count). The van der Waals surface area contributed by atoms with Crippen LogP contribution in [-0.4, -0.2) is 21.1 Å². The summed E-state index contributed by atoms with van der Waals surface area (Å²) in [5, 5.41) is 10.5. The highest BCUT2D eigenvalue weighted by Crippen LogP contribution is 2.09. The van der Waals surface area contributed by atoms with E-state index in [9.17, 15) is 9.59 Å². The first-order chi connectivity index (χ1) is 9.74. The van der Waals surface area contributed by atoms with Crippen LogP contribution in [-0.2, 0) is 6.54 Å². The fraction of sp³-hybridized carbons (Fsp3) is 0.0714. The largest absolute Gasteiger partial charge is 0.347 e. The summed E-state index contributed by atoms with van der Waals surface area (Å²) in [7, 11) is 0. The van der Waals surface area contributed by atoms with Crippen LogP contribution in [0.5, 0.6) is 0 Å². The zero-order valence-corrected chi connectivity index (χ0v) is 10.5. The van der Waals surface area contributed by atoms with Crippen molar-refractivity contribution in [1.82, 2.24) is 20.5 Å². The number of benzene rings is 1. The number of aromatic amines is 2. The molecule has 3 aromatic rings. The van der Waals surface area contributed by atoms with Gasteiger partial charge in [0.25, 0.3) is 11.5 Å². The number of aromatic nitrogens is 3. The first-order valence-corrected chi connectivity index (χ1v) is 6.12. The standard InChI is InChI=1S/C14H12N4O2/c19-13-11-4-2-1-3-10(11)5-12(18-13)14(20)15-6-9-7-16-17-8-9/h1-5,7-8H,6H2,(H,15,20)(H,16,17)(H,18,19). The molecule has 0 aliphatic heterocycles. The number of pyridine rings is 1. The molecule has 0 saturated heterocycles. The van der Waals surface area contributed by atoms with Gasteiger partial charge in [0.15, 0.2) is 0 Å². The number of amides is 1. The second-order valence-electron chi connectivity index (χ2n) is 4.39. The molecule has 0 fully saturated rings. The number of rotatable bonds is 3. The minimum Gasteiger partial charge on any atom is -0.347 e. The highest BCUT2D eigenvalue weighted by atomic mass is 16.2. The van der Waals surface area contributed by atoms with E-state index in [1.165, 1.54) is 0 Å². The fourth-order valence-corrected chi connectivity index (χ4v) is 1.99. The Kier molecular flexibility index (Phi) is 3.04. The van der Waals surface area contributed by atoms with Crippen LogP contribution in [0, 0.1) is 0 Å². The molecule has 0 radical (unpaired) electrons. The molecule has 0 unspecified atom stereocenters. The molecule has 0 saturated carbocycles. The van der Waals surface area contributed by atoms with Crippen LogP contribution >= 0.6 is 0 Å². The Hall–Kier alpha value is -2.89. The quantitative estimate of drug-likeness (QED) is 0.666. The highest BCUT2D eigenvalue weighted by molar-refractivity contribution is 5.96. The fourth-order valence-electron chi connectivity index (χ4n) is 1.99. The van der Waals surface area contributed by atoms with E-state index in [1.54, 1.807) is 36.7 Å². The third-order valence-electron chi connectivity index (χ3n) is 3.01. The van der Waals surface area contributed by atoms with Gasteiger partial charge in [0.1, 0.15) is 5.69 Å². The third-order valence-corrected chi connectivity index (χ3v) is 3.01. The Morgan fingerprint density at radius 3 is 2.95 bits per heavy atom. The number of hydrogen-bond acceptors (Lipinski definition) is 3. The van der Waals surface area contributed by atoms with Crippen molar-refractivity contribution < 1.29 is 4.79 Å². The zero-order chi connectivity index (χ0) is 13.9. The minimum atomic E-state index is -0.325. The van der Waals surface area contributed by atoms with Gasteiger partial charge in [0, 0.05) is 23.7 Å². The van der Waals surface area contributed by atoms with Crippen molar-refractivity contribution >= 4 is 16.7 Å². The smallest absolute Gasteiger partial charge is 0.268 e. The second kappa shape index (κ2) is 5.00. The molecule has 0 spiro atoms. The first-order valence-electron chi connectivity index (χ1n) is 6.12. The molecule has 100 valence electrons. The number of H-pyrrole nitrogens is 2. The molecule has 1 amide bonds. The lowest BCUT2D eigenvalue weighted by Gasteiger charge is -2.05. The van der Waals surface area contributed by atoms with Crippen molar-refractivity contribution in [2.45, 2.75) is 6.54 Å². The summed E-state index contributed by atoms with van der Waals surface area (Å²) in [5.41, 5.74) is 0.843. The van der Waals surface area contributed by atoms with Crippen LogP contribution in [0.2, 0.25) is 0 Å². The Balaban J connectivity index is 1.86. The van der Waals surface area contributed by atoms with Crippen LogP contribution in [0.25, 0.3) is 10.8 Å². The van der Waals surface area contributed by atoms with Crippen LogP contribution < -0.4 is 10.9 Å². The number of carbonyl (C=O) groups excluding carboxylic acids is 1. The maximum Gasteiger partial charge on any atom is 0.268 e. The van der Waals surface area contributed by atoms with Crippen molar-refractivity contribution in [2.24, 2.45) is 0 Å². The zero-order valence-electron chi connectivity index (χ0n) is 10.5. The molecule has 20 heavy (non-hydrogen) atoms. The average molecular weight is 268 g/mol. The molecule has 6 nitrogen and oxygen atoms in total. The minimum absolute atomic E-state index is 0.247. The Morgan fingerprint density at radius 2 is 2.15 bits per heavy atom. The van der Waals surface area contributed by atoms with Crippen LogP contribution in [0.3, 0.4) is 0 Å². The van der Waals surface area contributed by atoms with Crippen molar-refractivity contribution in [3.8, 4) is 0 Å². The van der Waals surface area contributed by atoms with Gasteiger partial charge >= 0.3 is 0 Å². The summed E-state index contributed by atoms with van der Waals surface area (Å²) < 4.78 is 0. The van der Waals surface area contributed by atoms with E-state index in [0.29, 0.717) is 11.9 Å². The lowest BCUT2D eigenvalue weighted by Crippen LogP contribution is -2.25. The summed E-state index contributed by atoms with van der Waals surface area (Å²) in [4.78, 5) is 26.5. The van der Waals surface area contributed by atoms with E-state index in [1.807, 2.05) is 6.07 Å². The maximum absolute atomic E-state index is 12.0. The number of carbonyl (C=O) groups is 1. The number of nitrogens with zero attached hydrogens (tertiary/aromatic N) is 1. The van der Waals surface area contributed by atoms with Crippen molar-refractivity contribution in [1.29, 1.82) is 0 Å². The molecule has 6 heteroatoms. The molecule has 2 heterocycles. The van der Waals surface area contributed by atoms with E-state index >= 15 is 0 Å². The molecule has 1 aromatic carbocycles. The molecule has 0 aliphatic rings. The average Bonchev–Trinajstić information content (AvgIpc) is 2.98. The number of hydrogen-bond donors (Lipinski definition) is 3.